The summed E-state index contributed by atoms with van der Waals surface area (Å²) in [4.78, 5) is 16.3. The van der Waals surface area contributed by atoms with Crippen LogP contribution < -0.4 is 5.73 Å². The second-order valence-electron chi connectivity index (χ2n) is 5.00. The molecule has 5 heteroatoms. The molecule has 16 heavy (non-hydrogen) atoms. The van der Waals surface area contributed by atoms with E-state index in [2.05, 4.69) is 19.0 Å². The van der Waals surface area contributed by atoms with E-state index in [4.69, 9.17) is 10.5 Å². The molecular weight excluding hydrogens is 206 g/mol. The van der Waals surface area contributed by atoms with Crippen LogP contribution >= 0.6 is 0 Å². The summed E-state index contributed by atoms with van der Waals surface area (Å²) in [5.41, 5.74) is 5.86. The highest BCUT2D eigenvalue weighted by molar-refractivity contribution is 5.80. The van der Waals surface area contributed by atoms with Gasteiger partial charge in [0.25, 0.3) is 0 Å². The van der Waals surface area contributed by atoms with Gasteiger partial charge in [0.2, 0.25) is 5.91 Å². The van der Waals surface area contributed by atoms with Crippen LogP contribution in [0.1, 0.15) is 6.42 Å². The van der Waals surface area contributed by atoms with Gasteiger partial charge in [-0.25, -0.2) is 0 Å². The summed E-state index contributed by atoms with van der Waals surface area (Å²) in [5.74, 6) is 0.0512. The minimum Gasteiger partial charge on any atom is -0.379 e. The minimum absolute atomic E-state index is 0.120. The van der Waals surface area contributed by atoms with Gasteiger partial charge in [-0.05, 0) is 20.5 Å². The maximum Gasteiger partial charge on any atom is 0.229 e. The number of carbonyl (C=O) groups excluding carboxylic acids is 1. The minimum atomic E-state index is -0.124. The number of nitrogens with two attached hydrogens (primary N) is 1. The van der Waals surface area contributed by atoms with E-state index in [0.717, 1.165) is 19.5 Å². The predicted octanol–water partition coefficient (Wildman–Crippen LogP) is -0.877. The molecule has 2 aliphatic heterocycles. The van der Waals surface area contributed by atoms with E-state index in [1.807, 2.05) is 4.90 Å². The Labute approximate surface area is 96.5 Å². The zero-order valence-electron chi connectivity index (χ0n) is 10.1. The molecule has 3 atom stereocenters. The number of rotatable bonds is 2. The largest absolute Gasteiger partial charge is 0.379 e. The van der Waals surface area contributed by atoms with Crippen molar-refractivity contribution in [3.05, 3.63) is 0 Å². The van der Waals surface area contributed by atoms with E-state index in [9.17, 15) is 4.79 Å². The number of ether oxygens (including phenoxy) is 1. The van der Waals surface area contributed by atoms with Crippen molar-refractivity contribution in [2.75, 3.05) is 40.4 Å². The molecular formula is C11H21N3O2. The van der Waals surface area contributed by atoms with E-state index in [1.165, 1.54) is 0 Å². The average molecular weight is 227 g/mol. The number of hydrogen-bond acceptors (Lipinski definition) is 4. The van der Waals surface area contributed by atoms with Crippen LogP contribution in [0.15, 0.2) is 0 Å². The number of nitrogens with zero attached hydrogens (tertiary/aromatic N) is 2. The number of carbonyl (C=O) groups is 1. The molecule has 0 radical (unpaired) electrons. The second-order valence-corrected chi connectivity index (χ2v) is 5.00. The Morgan fingerprint density at radius 2 is 2.19 bits per heavy atom. The predicted molar refractivity (Wildman–Crippen MR) is 61.0 cm³/mol. The van der Waals surface area contributed by atoms with Crippen LogP contribution in [0.2, 0.25) is 0 Å². The molecule has 92 valence electrons. The summed E-state index contributed by atoms with van der Waals surface area (Å²) in [6, 6.07) is 0.369. The average Bonchev–Trinajstić information content (AvgIpc) is 2.84. The number of likely N-dealkylation sites (N-methyl/N-ethyl adjacent to an activating group) is 1. The Bertz CT molecular complexity index is 270. The van der Waals surface area contributed by atoms with Gasteiger partial charge in [0, 0.05) is 25.2 Å². The van der Waals surface area contributed by atoms with Gasteiger partial charge < -0.3 is 20.3 Å². The van der Waals surface area contributed by atoms with E-state index in [0.29, 0.717) is 19.3 Å². The third-order valence-corrected chi connectivity index (χ3v) is 3.65. The monoisotopic (exact) mass is 227 g/mol. The molecule has 0 saturated carbocycles. The molecule has 3 unspecified atom stereocenters. The summed E-state index contributed by atoms with van der Waals surface area (Å²) in [7, 11) is 4.12. The highest BCUT2D eigenvalue weighted by Gasteiger charge is 2.37. The molecule has 2 heterocycles. The summed E-state index contributed by atoms with van der Waals surface area (Å²) in [6.45, 7) is 2.68. The molecule has 0 aromatic rings. The lowest BCUT2D eigenvalue weighted by Gasteiger charge is -2.23. The molecule has 1 amide bonds. The Morgan fingerprint density at radius 1 is 1.44 bits per heavy atom. The first-order valence-electron chi connectivity index (χ1n) is 5.88. The molecule has 0 aromatic heterocycles. The van der Waals surface area contributed by atoms with E-state index >= 15 is 0 Å². The fraction of sp³-hybridized carbons (Fsp3) is 0.909. The van der Waals surface area contributed by atoms with E-state index in [-0.39, 0.29) is 17.9 Å². The molecule has 2 aliphatic rings. The van der Waals surface area contributed by atoms with Crippen LogP contribution in [0.3, 0.4) is 0 Å². The van der Waals surface area contributed by atoms with Gasteiger partial charge >= 0.3 is 0 Å². The number of amides is 1. The third-order valence-electron chi connectivity index (χ3n) is 3.65. The Hall–Kier alpha value is -0.650. The quantitative estimate of drug-likeness (QED) is 0.666. The lowest BCUT2D eigenvalue weighted by molar-refractivity contribution is -0.134. The van der Waals surface area contributed by atoms with Crippen molar-refractivity contribution in [1.82, 2.24) is 9.80 Å². The number of likely N-dealkylation sites (tertiary alicyclic amines) is 1. The van der Waals surface area contributed by atoms with Crippen molar-refractivity contribution in [2.45, 2.75) is 18.5 Å². The molecule has 2 fully saturated rings. The normalized spacial score (nSPS) is 35.0. The molecule has 0 bridgehead atoms. The highest BCUT2D eigenvalue weighted by Crippen LogP contribution is 2.20. The van der Waals surface area contributed by atoms with Crippen LogP contribution in [-0.4, -0.2) is 68.2 Å². The van der Waals surface area contributed by atoms with E-state index in [1.54, 1.807) is 0 Å². The molecule has 2 saturated heterocycles. The molecule has 0 aliphatic carbocycles. The molecule has 2 rings (SSSR count). The van der Waals surface area contributed by atoms with Crippen LogP contribution in [0.4, 0.5) is 0 Å². The van der Waals surface area contributed by atoms with Crippen LogP contribution in [-0.2, 0) is 9.53 Å². The van der Waals surface area contributed by atoms with Crippen molar-refractivity contribution in [3.8, 4) is 0 Å². The van der Waals surface area contributed by atoms with Gasteiger partial charge in [-0.2, -0.15) is 0 Å². The smallest absolute Gasteiger partial charge is 0.229 e. The zero-order chi connectivity index (χ0) is 11.7. The van der Waals surface area contributed by atoms with Crippen molar-refractivity contribution in [3.63, 3.8) is 0 Å². The molecule has 0 aromatic carbocycles. The maximum absolute atomic E-state index is 12.2. The van der Waals surface area contributed by atoms with Crippen molar-refractivity contribution in [1.29, 1.82) is 0 Å². The molecule has 0 spiro atoms. The summed E-state index contributed by atoms with van der Waals surface area (Å²) in [6.07, 6.45) is 1.06. The van der Waals surface area contributed by atoms with E-state index < -0.39 is 0 Å². The Balaban J connectivity index is 1.91. The lowest BCUT2D eigenvalue weighted by Crippen LogP contribution is -2.43. The van der Waals surface area contributed by atoms with Gasteiger partial charge in [-0.3, -0.25) is 4.79 Å². The highest BCUT2D eigenvalue weighted by atomic mass is 16.5. The summed E-state index contributed by atoms with van der Waals surface area (Å²) >= 11 is 0. The van der Waals surface area contributed by atoms with Crippen molar-refractivity contribution < 1.29 is 9.53 Å². The second kappa shape index (κ2) is 4.69. The topological polar surface area (TPSA) is 58.8 Å². The maximum atomic E-state index is 12.2. The van der Waals surface area contributed by atoms with Crippen LogP contribution in [0.5, 0.6) is 0 Å². The Kier molecular flexibility index (Phi) is 3.47. The SMILES string of the molecule is CN(C)C1CCN(C(=O)C2COCC2N)C1. The lowest BCUT2D eigenvalue weighted by atomic mass is 10.0. The zero-order valence-corrected chi connectivity index (χ0v) is 10.1. The van der Waals surface area contributed by atoms with Gasteiger partial charge in [-0.15, -0.1) is 0 Å². The Morgan fingerprint density at radius 3 is 2.69 bits per heavy atom. The summed E-state index contributed by atoms with van der Waals surface area (Å²) < 4.78 is 5.24. The van der Waals surface area contributed by atoms with Crippen molar-refractivity contribution >= 4 is 5.91 Å². The van der Waals surface area contributed by atoms with Crippen LogP contribution in [0.25, 0.3) is 0 Å². The van der Waals surface area contributed by atoms with Crippen molar-refractivity contribution in [2.24, 2.45) is 11.7 Å². The third kappa shape index (κ3) is 2.21. The van der Waals surface area contributed by atoms with Gasteiger partial charge in [0.05, 0.1) is 19.1 Å². The van der Waals surface area contributed by atoms with Crippen LogP contribution in [0, 0.1) is 5.92 Å². The van der Waals surface area contributed by atoms with Gasteiger partial charge in [-0.1, -0.05) is 0 Å². The number of hydrogen-bond donors (Lipinski definition) is 1. The van der Waals surface area contributed by atoms with Gasteiger partial charge in [0.1, 0.15) is 0 Å². The fourth-order valence-corrected chi connectivity index (χ4v) is 2.42. The fourth-order valence-electron chi connectivity index (χ4n) is 2.42. The van der Waals surface area contributed by atoms with Gasteiger partial charge in [0.15, 0.2) is 0 Å². The first-order chi connectivity index (χ1) is 7.59. The standard InChI is InChI=1S/C11H21N3O2/c1-13(2)8-3-4-14(5-8)11(15)9-6-16-7-10(9)12/h8-10H,3-7,12H2,1-2H3. The molecule has 2 N–H and O–H groups in total. The molecule has 5 nitrogen and oxygen atoms in total. The first-order valence-corrected chi connectivity index (χ1v) is 5.88. The first kappa shape index (κ1) is 11.8. The summed E-state index contributed by atoms with van der Waals surface area (Å²) in [5, 5.41) is 0.